The molecule has 0 aliphatic carbocycles. The van der Waals surface area contributed by atoms with Crippen molar-refractivity contribution in [3.05, 3.63) is 29.3 Å². The molecule has 3 heteroatoms. The van der Waals surface area contributed by atoms with Crippen molar-refractivity contribution in [1.82, 2.24) is 4.90 Å². The molecule has 0 fully saturated rings. The summed E-state index contributed by atoms with van der Waals surface area (Å²) in [5.74, 6) is 1.31. The monoisotopic (exact) mass is 307 g/mol. The number of benzene rings is 1. The van der Waals surface area contributed by atoms with Gasteiger partial charge >= 0.3 is 0 Å². The standard InChI is InChI=1S/C19H33NO2/c1-13(2)18-9-8-16(7)10-19(18)22-12-17(21)11-20(14(3)4)15(5)6/h8-10,13-15,17,21H,11-12H2,1-7H3. The van der Waals surface area contributed by atoms with Crippen molar-refractivity contribution in [2.45, 2.75) is 72.6 Å². The van der Waals surface area contributed by atoms with E-state index in [1.807, 2.05) is 0 Å². The van der Waals surface area contributed by atoms with Crippen LogP contribution in [0.15, 0.2) is 18.2 Å². The van der Waals surface area contributed by atoms with Crippen LogP contribution in [-0.2, 0) is 0 Å². The molecule has 0 aromatic heterocycles. The van der Waals surface area contributed by atoms with Gasteiger partial charge in [-0.05, 0) is 57.7 Å². The van der Waals surface area contributed by atoms with Gasteiger partial charge in [0.05, 0.1) is 0 Å². The zero-order valence-electron chi connectivity index (χ0n) is 15.3. The van der Waals surface area contributed by atoms with Crippen LogP contribution < -0.4 is 4.74 Å². The van der Waals surface area contributed by atoms with Gasteiger partial charge in [0.25, 0.3) is 0 Å². The number of hydrogen-bond acceptors (Lipinski definition) is 3. The second-order valence-corrected chi connectivity index (χ2v) is 7.05. The third-order valence-corrected chi connectivity index (χ3v) is 3.97. The van der Waals surface area contributed by atoms with E-state index in [4.69, 9.17) is 4.74 Å². The highest BCUT2D eigenvalue weighted by molar-refractivity contribution is 5.39. The lowest BCUT2D eigenvalue weighted by atomic mass is 10.0. The van der Waals surface area contributed by atoms with Gasteiger partial charge in [-0.1, -0.05) is 26.0 Å². The maximum absolute atomic E-state index is 10.3. The van der Waals surface area contributed by atoms with Crippen molar-refractivity contribution in [1.29, 1.82) is 0 Å². The van der Waals surface area contributed by atoms with Crippen molar-refractivity contribution < 1.29 is 9.84 Å². The largest absolute Gasteiger partial charge is 0.491 e. The molecule has 1 N–H and O–H groups in total. The number of aryl methyl sites for hydroxylation is 1. The van der Waals surface area contributed by atoms with Crippen LogP contribution in [0.2, 0.25) is 0 Å². The lowest BCUT2D eigenvalue weighted by Crippen LogP contribution is -2.43. The van der Waals surface area contributed by atoms with Gasteiger partial charge in [-0.25, -0.2) is 0 Å². The van der Waals surface area contributed by atoms with Gasteiger partial charge < -0.3 is 9.84 Å². The van der Waals surface area contributed by atoms with Crippen LogP contribution in [0.4, 0.5) is 0 Å². The predicted molar refractivity (Wildman–Crippen MR) is 93.7 cm³/mol. The van der Waals surface area contributed by atoms with Crippen molar-refractivity contribution in [3.8, 4) is 5.75 Å². The Balaban J connectivity index is 2.67. The average Bonchev–Trinajstić information content (AvgIpc) is 2.41. The minimum atomic E-state index is -0.481. The second-order valence-electron chi connectivity index (χ2n) is 7.05. The number of aliphatic hydroxyl groups excluding tert-OH is 1. The Kier molecular flexibility index (Phi) is 7.37. The molecular weight excluding hydrogens is 274 g/mol. The zero-order chi connectivity index (χ0) is 16.9. The third kappa shape index (κ3) is 5.62. The number of rotatable bonds is 8. The van der Waals surface area contributed by atoms with Gasteiger partial charge in [0.1, 0.15) is 18.5 Å². The molecule has 0 amide bonds. The van der Waals surface area contributed by atoms with E-state index in [-0.39, 0.29) is 0 Å². The molecule has 1 atom stereocenters. The van der Waals surface area contributed by atoms with Crippen molar-refractivity contribution in [2.24, 2.45) is 0 Å². The first kappa shape index (κ1) is 19.0. The molecule has 3 nitrogen and oxygen atoms in total. The van der Waals surface area contributed by atoms with Crippen LogP contribution >= 0.6 is 0 Å². The van der Waals surface area contributed by atoms with E-state index >= 15 is 0 Å². The van der Waals surface area contributed by atoms with E-state index in [1.165, 1.54) is 11.1 Å². The van der Waals surface area contributed by atoms with E-state index in [0.29, 0.717) is 31.2 Å². The van der Waals surface area contributed by atoms with Crippen LogP contribution in [0.1, 0.15) is 58.6 Å². The summed E-state index contributed by atoms with van der Waals surface area (Å²) in [6.07, 6.45) is -0.481. The van der Waals surface area contributed by atoms with E-state index < -0.39 is 6.10 Å². The molecule has 1 unspecified atom stereocenters. The lowest BCUT2D eigenvalue weighted by molar-refractivity contribution is 0.0442. The molecule has 126 valence electrons. The maximum Gasteiger partial charge on any atom is 0.123 e. The highest BCUT2D eigenvalue weighted by atomic mass is 16.5. The topological polar surface area (TPSA) is 32.7 Å². The first-order valence-electron chi connectivity index (χ1n) is 8.39. The number of ether oxygens (including phenoxy) is 1. The van der Waals surface area contributed by atoms with Gasteiger partial charge in [0.2, 0.25) is 0 Å². The smallest absolute Gasteiger partial charge is 0.123 e. The zero-order valence-corrected chi connectivity index (χ0v) is 15.3. The number of aliphatic hydroxyl groups is 1. The molecule has 0 aliphatic rings. The van der Waals surface area contributed by atoms with Crippen LogP contribution in [-0.4, -0.2) is 41.3 Å². The minimum Gasteiger partial charge on any atom is -0.491 e. The Labute approximate surface area is 136 Å². The lowest BCUT2D eigenvalue weighted by Gasteiger charge is -2.32. The fourth-order valence-corrected chi connectivity index (χ4v) is 2.74. The molecule has 22 heavy (non-hydrogen) atoms. The van der Waals surface area contributed by atoms with E-state index in [2.05, 4.69) is 71.6 Å². The fourth-order valence-electron chi connectivity index (χ4n) is 2.74. The quantitative estimate of drug-likeness (QED) is 0.788. The van der Waals surface area contributed by atoms with Crippen molar-refractivity contribution >= 4 is 0 Å². The molecule has 0 saturated carbocycles. The molecule has 0 saturated heterocycles. The summed E-state index contributed by atoms with van der Waals surface area (Å²) in [6, 6.07) is 7.12. The van der Waals surface area contributed by atoms with E-state index in [1.54, 1.807) is 0 Å². The Morgan fingerprint density at radius 2 is 1.64 bits per heavy atom. The highest BCUT2D eigenvalue weighted by Crippen LogP contribution is 2.27. The summed E-state index contributed by atoms with van der Waals surface area (Å²) in [5, 5.41) is 10.3. The van der Waals surface area contributed by atoms with Gasteiger partial charge in [0.15, 0.2) is 0 Å². The molecule has 1 aromatic carbocycles. The second kappa shape index (κ2) is 8.54. The van der Waals surface area contributed by atoms with Gasteiger partial charge in [-0.15, -0.1) is 0 Å². The maximum atomic E-state index is 10.3. The first-order valence-corrected chi connectivity index (χ1v) is 8.39. The van der Waals surface area contributed by atoms with Crippen LogP contribution in [0.5, 0.6) is 5.75 Å². The molecule has 0 bridgehead atoms. The summed E-state index contributed by atoms with van der Waals surface area (Å²) < 4.78 is 5.92. The normalized spacial score (nSPS) is 13.5. The van der Waals surface area contributed by atoms with E-state index in [9.17, 15) is 5.11 Å². The van der Waals surface area contributed by atoms with Crippen molar-refractivity contribution in [2.75, 3.05) is 13.2 Å². The average molecular weight is 307 g/mol. The summed E-state index contributed by atoms with van der Waals surface area (Å²) in [7, 11) is 0. The fraction of sp³-hybridized carbons (Fsp3) is 0.684. The predicted octanol–water partition coefficient (Wildman–Crippen LogP) is 3.98. The van der Waals surface area contributed by atoms with Gasteiger partial charge in [-0.2, -0.15) is 0 Å². The van der Waals surface area contributed by atoms with Crippen LogP contribution in [0.25, 0.3) is 0 Å². The van der Waals surface area contributed by atoms with Gasteiger partial charge in [-0.3, -0.25) is 4.90 Å². The molecular formula is C19H33NO2. The first-order chi connectivity index (χ1) is 10.2. The molecule has 1 rings (SSSR count). The molecule has 0 heterocycles. The summed E-state index contributed by atoms with van der Waals surface area (Å²) >= 11 is 0. The third-order valence-electron chi connectivity index (χ3n) is 3.97. The summed E-state index contributed by atoms with van der Waals surface area (Å²) in [6.45, 7) is 16.0. The molecule has 0 spiro atoms. The Bertz CT molecular complexity index is 447. The Morgan fingerprint density at radius 1 is 1.05 bits per heavy atom. The molecule has 0 aliphatic heterocycles. The summed E-state index contributed by atoms with van der Waals surface area (Å²) in [4.78, 5) is 2.29. The molecule has 1 aromatic rings. The SMILES string of the molecule is Cc1ccc(C(C)C)c(OCC(O)CN(C(C)C)C(C)C)c1. The number of hydrogen-bond donors (Lipinski definition) is 1. The molecule has 0 radical (unpaired) electrons. The minimum absolute atomic E-state index is 0.332. The van der Waals surface area contributed by atoms with Crippen molar-refractivity contribution in [3.63, 3.8) is 0 Å². The Morgan fingerprint density at radius 3 is 2.14 bits per heavy atom. The number of nitrogens with zero attached hydrogens (tertiary/aromatic N) is 1. The Hall–Kier alpha value is -1.06. The van der Waals surface area contributed by atoms with E-state index in [0.717, 1.165) is 5.75 Å². The van der Waals surface area contributed by atoms with Gasteiger partial charge in [0, 0.05) is 18.6 Å². The summed E-state index contributed by atoms with van der Waals surface area (Å²) in [5.41, 5.74) is 2.38. The highest BCUT2D eigenvalue weighted by Gasteiger charge is 2.18. The van der Waals surface area contributed by atoms with Crippen LogP contribution in [0, 0.1) is 6.92 Å². The van der Waals surface area contributed by atoms with Crippen LogP contribution in [0.3, 0.4) is 0 Å².